The number of hydrogen-bond acceptors (Lipinski definition) is 5. The van der Waals surface area contributed by atoms with E-state index in [4.69, 9.17) is 10.6 Å². The normalized spacial score (nSPS) is 10.2. The predicted octanol–water partition coefficient (Wildman–Crippen LogP) is 2.14. The van der Waals surface area contributed by atoms with Crippen molar-refractivity contribution in [3.05, 3.63) is 41.7 Å². The van der Waals surface area contributed by atoms with Crippen LogP contribution in [0, 0.1) is 18.6 Å². The van der Waals surface area contributed by atoms with Crippen molar-refractivity contribution < 1.29 is 13.5 Å². The number of rotatable bonds is 3. The molecule has 5 nitrogen and oxygen atoms in total. The Morgan fingerprint density at radius 1 is 1.22 bits per heavy atom. The van der Waals surface area contributed by atoms with Crippen LogP contribution in [0.3, 0.4) is 0 Å². The Kier molecular flexibility index (Phi) is 3.33. The Hall–Kier alpha value is -2.28. The number of hydrazine groups is 1. The summed E-state index contributed by atoms with van der Waals surface area (Å²) in [4.78, 5) is 7.87. The smallest absolute Gasteiger partial charge is 0.224 e. The summed E-state index contributed by atoms with van der Waals surface area (Å²) in [6.07, 6.45) is 0. The van der Waals surface area contributed by atoms with E-state index in [9.17, 15) is 8.78 Å². The zero-order chi connectivity index (χ0) is 13.1. The lowest BCUT2D eigenvalue weighted by Gasteiger charge is -2.08. The number of nitrogens with one attached hydrogen (secondary N) is 1. The molecule has 0 saturated heterocycles. The lowest BCUT2D eigenvalue weighted by atomic mass is 10.3. The highest BCUT2D eigenvalue weighted by atomic mass is 19.1. The van der Waals surface area contributed by atoms with E-state index in [1.165, 1.54) is 6.07 Å². The molecule has 18 heavy (non-hydrogen) atoms. The molecule has 0 amide bonds. The number of aromatic nitrogens is 2. The zero-order valence-corrected chi connectivity index (χ0v) is 9.45. The summed E-state index contributed by atoms with van der Waals surface area (Å²) in [5, 5.41) is 0. The number of benzene rings is 1. The van der Waals surface area contributed by atoms with Crippen molar-refractivity contribution in [2.75, 3.05) is 5.43 Å². The van der Waals surface area contributed by atoms with Crippen molar-refractivity contribution in [1.82, 2.24) is 9.97 Å². The van der Waals surface area contributed by atoms with E-state index in [1.807, 2.05) is 0 Å². The van der Waals surface area contributed by atoms with Gasteiger partial charge in [0, 0.05) is 12.1 Å². The first-order valence-corrected chi connectivity index (χ1v) is 5.03. The van der Waals surface area contributed by atoms with Crippen LogP contribution in [0.4, 0.5) is 14.6 Å². The molecule has 1 aromatic heterocycles. The molecule has 0 radical (unpaired) electrons. The molecule has 7 heteroatoms. The van der Waals surface area contributed by atoms with Gasteiger partial charge in [0.25, 0.3) is 0 Å². The monoisotopic (exact) mass is 252 g/mol. The van der Waals surface area contributed by atoms with Crippen LogP contribution >= 0.6 is 0 Å². The van der Waals surface area contributed by atoms with E-state index in [0.717, 1.165) is 18.2 Å². The molecule has 0 bridgehead atoms. The molecular formula is C11H10F2N4O. The van der Waals surface area contributed by atoms with Crippen LogP contribution in [0.15, 0.2) is 24.3 Å². The largest absolute Gasteiger partial charge is 0.436 e. The van der Waals surface area contributed by atoms with Crippen LogP contribution < -0.4 is 16.0 Å². The minimum absolute atomic E-state index is 0.0694. The number of aryl methyl sites for hydroxylation is 1. The maximum absolute atomic E-state index is 13.4. The van der Waals surface area contributed by atoms with E-state index >= 15 is 0 Å². The van der Waals surface area contributed by atoms with Gasteiger partial charge < -0.3 is 10.2 Å². The van der Waals surface area contributed by atoms with E-state index in [0.29, 0.717) is 11.6 Å². The summed E-state index contributed by atoms with van der Waals surface area (Å²) in [5.41, 5.74) is 2.32. The summed E-state index contributed by atoms with van der Waals surface area (Å²) in [7, 11) is 0. The SMILES string of the molecule is Cc1nc(NN)cc(Oc2cc(F)ccc2F)n1. The molecule has 0 atom stereocenters. The Bertz CT molecular complexity index is 577. The fourth-order valence-corrected chi connectivity index (χ4v) is 1.33. The molecular weight excluding hydrogens is 242 g/mol. The van der Waals surface area contributed by atoms with Crippen LogP contribution in [-0.4, -0.2) is 9.97 Å². The number of nitrogens with two attached hydrogens (primary N) is 1. The molecule has 0 aliphatic heterocycles. The zero-order valence-electron chi connectivity index (χ0n) is 9.45. The Balaban J connectivity index is 2.33. The first-order valence-electron chi connectivity index (χ1n) is 5.03. The molecule has 0 fully saturated rings. The van der Waals surface area contributed by atoms with Gasteiger partial charge in [0.1, 0.15) is 17.5 Å². The lowest BCUT2D eigenvalue weighted by molar-refractivity contribution is 0.420. The molecule has 1 aromatic carbocycles. The van der Waals surface area contributed by atoms with Crippen LogP contribution in [-0.2, 0) is 0 Å². The lowest BCUT2D eigenvalue weighted by Crippen LogP contribution is -2.10. The van der Waals surface area contributed by atoms with Gasteiger partial charge in [0.05, 0.1) is 0 Å². The van der Waals surface area contributed by atoms with Crippen molar-refractivity contribution >= 4 is 5.82 Å². The molecule has 2 rings (SSSR count). The topological polar surface area (TPSA) is 73.1 Å². The van der Waals surface area contributed by atoms with Crippen molar-refractivity contribution in [2.45, 2.75) is 6.92 Å². The van der Waals surface area contributed by atoms with Crippen molar-refractivity contribution in [3.8, 4) is 11.6 Å². The fourth-order valence-electron chi connectivity index (χ4n) is 1.33. The molecule has 2 aromatic rings. The first kappa shape index (κ1) is 12.2. The van der Waals surface area contributed by atoms with Gasteiger partial charge in [-0.3, -0.25) is 0 Å². The second-order valence-corrected chi connectivity index (χ2v) is 3.46. The number of nitrogen functional groups attached to an aromatic ring is 1. The Morgan fingerprint density at radius 3 is 2.72 bits per heavy atom. The van der Waals surface area contributed by atoms with Gasteiger partial charge in [0.15, 0.2) is 11.6 Å². The van der Waals surface area contributed by atoms with Gasteiger partial charge in [-0.25, -0.2) is 19.6 Å². The Labute approximate surface area is 102 Å². The van der Waals surface area contributed by atoms with E-state index in [-0.39, 0.29) is 11.6 Å². The minimum atomic E-state index is -0.685. The van der Waals surface area contributed by atoms with Crippen molar-refractivity contribution in [2.24, 2.45) is 5.84 Å². The fraction of sp³-hybridized carbons (Fsp3) is 0.0909. The summed E-state index contributed by atoms with van der Waals surface area (Å²) in [6, 6.07) is 4.28. The van der Waals surface area contributed by atoms with Crippen LogP contribution in [0.5, 0.6) is 11.6 Å². The van der Waals surface area contributed by atoms with Gasteiger partial charge in [-0.15, -0.1) is 0 Å². The quantitative estimate of drug-likeness (QED) is 0.646. The summed E-state index contributed by atoms with van der Waals surface area (Å²) in [5.74, 6) is 4.43. The molecule has 0 spiro atoms. The van der Waals surface area contributed by atoms with Gasteiger partial charge in [-0.2, -0.15) is 4.98 Å². The minimum Gasteiger partial charge on any atom is -0.436 e. The predicted molar refractivity (Wildman–Crippen MR) is 61.0 cm³/mol. The second-order valence-electron chi connectivity index (χ2n) is 3.46. The molecule has 0 saturated carbocycles. The summed E-state index contributed by atoms with van der Waals surface area (Å²) >= 11 is 0. The number of nitrogens with zero attached hydrogens (tertiary/aromatic N) is 2. The van der Waals surface area contributed by atoms with Crippen LogP contribution in [0.2, 0.25) is 0 Å². The highest BCUT2D eigenvalue weighted by Gasteiger charge is 2.09. The third-order valence-corrected chi connectivity index (χ3v) is 2.07. The van der Waals surface area contributed by atoms with Crippen molar-refractivity contribution in [3.63, 3.8) is 0 Å². The van der Waals surface area contributed by atoms with Crippen LogP contribution in [0.25, 0.3) is 0 Å². The van der Waals surface area contributed by atoms with E-state index < -0.39 is 11.6 Å². The van der Waals surface area contributed by atoms with E-state index in [2.05, 4.69) is 15.4 Å². The maximum atomic E-state index is 13.4. The summed E-state index contributed by atoms with van der Waals surface area (Å²) < 4.78 is 31.5. The highest BCUT2D eigenvalue weighted by Crippen LogP contribution is 2.24. The number of ether oxygens (including phenoxy) is 1. The molecule has 0 unspecified atom stereocenters. The van der Waals surface area contributed by atoms with E-state index in [1.54, 1.807) is 6.92 Å². The third-order valence-electron chi connectivity index (χ3n) is 2.07. The summed E-state index contributed by atoms with van der Waals surface area (Å²) in [6.45, 7) is 1.62. The molecule has 0 aliphatic carbocycles. The molecule has 3 N–H and O–H groups in total. The Morgan fingerprint density at radius 2 is 2.00 bits per heavy atom. The number of halogens is 2. The highest BCUT2D eigenvalue weighted by molar-refractivity contribution is 5.39. The van der Waals surface area contributed by atoms with Gasteiger partial charge in [-0.05, 0) is 19.1 Å². The maximum Gasteiger partial charge on any atom is 0.224 e. The van der Waals surface area contributed by atoms with Gasteiger partial charge in [-0.1, -0.05) is 0 Å². The van der Waals surface area contributed by atoms with Crippen LogP contribution in [0.1, 0.15) is 5.82 Å². The molecule has 94 valence electrons. The third kappa shape index (κ3) is 2.69. The average Bonchev–Trinajstić information content (AvgIpc) is 2.33. The molecule has 0 aliphatic rings. The number of hydrogen-bond donors (Lipinski definition) is 2. The van der Waals surface area contributed by atoms with Gasteiger partial charge in [0.2, 0.25) is 5.88 Å². The van der Waals surface area contributed by atoms with Gasteiger partial charge >= 0.3 is 0 Å². The first-order chi connectivity index (χ1) is 8.58. The number of anilines is 1. The average molecular weight is 252 g/mol. The van der Waals surface area contributed by atoms with Crippen molar-refractivity contribution in [1.29, 1.82) is 0 Å². The molecule has 1 heterocycles. The standard InChI is InChI=1S/C11H10F2N4O/c1-6-15-10(17-14)5-11(16-6)18-9-4-7(12)2-3-8(9)13/h2-5H,14H2,1H3,(H,15,16,17). The second kappa shape index (κ2) is 4.92.